The van der Waals surface area contributed by atoms with Crippen molar-refractivity contribution < 1.29 is 9.59 Å². The summed E-state index contributed by atoms with van der Waals surface area (Å²) in [6.07, 6.45) is 3.11. The third kappa shape index (κ3) is 3.64. The standard InChI is InChI=1S/C21H25N5O2S/c1-13(2)26-19-16(12-23-26)15(11-17(24-19)18-5-4-10-29-18)21(28)25-8-6-14(7-9-25)20(27)22-3/h4-5,10-14H,6-9H2,1-3H3,(H,22,27). The molecule has 0 saturated carbocycles. The number of carbonyl (C=O) groups excluding carboxylic acids is 2. The van der Waals surface area contributed by atoms with Crippen molar-refractivity contribution in [1.82, 2.24) is 25.0 Å². The van der Waals surface area contributed by atoms with Crippen LogP contribution in [0.25, 0.3) is 21.6 Å². The Hall–Kier alpha value is -2.74. The molecule has 0 bridgehead atoms. The predicted octanol–water partition coefficient (Wildman–Crippen LogP) is 3.34. The van der Waals surface area contributed by atoms with Crippen molar-refractivity contribution in [2.24, 2.45) is 5.92 Å². The van der Waals surface area contributed by atoms with Gasteiger partial charge in [-0.1, -0.05) is 6.07 Å². The van der Waals surface area contributed by atoms with Crippen molar-refractivity contribution in [3.63, 3.8) is 0 Å². The molecule has 1 fully saturated rings. The summed E-state index contributed by atoms with van der Waals surface area (Å²) in [6, 6.07) is 6.02. The Balaban J connectivity index is 1.71. The minimum absolute atomic E-state index is 0.0196. The van der Waals surface area contributed by atoms with Gasteiger partial charge in [0.15, 0.2) is 5.65 Å². The highest BCUT2D eigenvalue weighted by Crippen LogP contribution is 2.30. The molecule has 0 radical (unpaired) electrons. The number of piperidine rings is 1. The second-order valence-electron chi connectivity index (χ2n) is 7.63. The first-order valence-electron chi connectivity index (χ1n) is 9.92. The summed E-state index contributed by atoms with van der Waals surface area (Å²) in [4.78, 5) is 33.0. The second-order valence-corrected chi connectivity index (χ2v) is 8.58. The van der Waals surface area contributed by atoms with Gasteiger partial charge >= 0.3 is 0 Å². The van der Waals surface area contributed by atoms with Gasteiger partial charge in [0.1, 0.15) is 0 Å². The van der Waals surface area contributed by atoms with Crippen LogP contribution in [-0.2, 0) is 4.79 Å². The normalized spacial score (nSPS) is 15.2. The lowest BCUT2D eigenvalue weighted by Gasteiger charge is -2.31. The fraction of sp³-hybridized carbons (Fsp3) is 0.429. The molecule has 2 amide bonds. The second kappa shape index (κ2) is 7.94. The summed E-state index contributed by atoms with van der Waals surface area (Å²) in [5.74, 6) is 0.0161. The van der Waals surface area contributed by atoms with E-state index in [1.54, 1.807) is 24.6 Å². The van der Waals surface area contributed by atoms with Crippen LogP contribution in [0, 0.1) is 5.92 Å². The van der Waals surface area contributed by atoms with Crippen molar-refractivity contribution in [2.45, 2.75) is 32.7 Å². The average Bonchev–Trinajstić information content (AvgIpc) is 3.42. The van der Waals surface area contributed by atoms with Crippen molar-refractivity contribution in [3.8, 4) is 10.6 Å². The first kappa shape index (κ1) is 19.6. The predicted molar refractivity (Wildman–Crippen MR) is 114 cm³/mol. The third-order valence-corrected chi connectivity index (χ3v) is 6.35. The minimum Gasteiger partial charge on any atom is -0.359 e. The number of hydrogen-bond acceptors (Lipinski definition) is 5. The third-order valence-electron chi connectivity index (χ3n) is 5.46. The number of amides is 2. The van der Waals surface area contributed by atoms with E-state index in [9.17, 15) is 9.59 Å². The molecule has 3 aromatic heterocycles. The molecule has 4 rings (SSSR count). The van der Waals surface area contributed by atoms with E-state index in [2.05, 4.69) is 24.3 Å². The van der Waals surface area contributed by atoms with Gasteiger partial charge in [-0.05, 0) is 44.2 Å². The largest absolute Gasteiger partial charge is 0.359 e. The highest BCUT2D eigenvalue weighted by Gasteiger charge is 2.29. The van der Waals surface area contributed by atoms with Crippen molar-refractivity contribution in [2.75, 3.05) is 20.1 Å². The molecular formula is C21H25N5O2S. The maximum absolute atomic E-state index is 13.4. The molecule has 0 spiro atoms. The van der Waals surface area contributed by atoms with Crippen LogP contribution in [0.3, 0.4) is 0 Å². The minimum atomic E-state index is -0.0214. The van der Waals surface area contributed by atoms with Crippen LogP contribution in [-0.4, -0.2) is 51.6 Å². The molecule has 0 atom stereocenters. The van der Waals surface area contributed by atoms with Gasteiger partial charge in [-0.25, -0.2) is 9.67 Å². The summed E-state index contributed by atoms with van der Waals surface area (Å²) >= 11 is 1.60. The number of aromatic nitrogens is 3. The van der Waals surface area contributed by atoms with E-state index in [-0.39, 0.29) is 23.8 Å². The van der Waals surface area contributed by atoms with Crippen LogP contribution in [0.4, 0.5) is 0 Å². The van der Waals surface area contributed by atoms with Gasteiger partial charge in [0.2, 0.25) is 5.91 Å². The van der Waals surface area contributed by atoms with Gasteiger partial charge in [-0.15, -0.1) is 11.3 Å². The van der Waals surface area contributed by atoms with Crippen LogP contribution in [0.1, 0.15) is 43.1 Å². The zero-order chi connectivity index (χ0) is 20.5. The van der Waals surface area contributed by atoms with Crippen molar-refractivity contribution in [3.05, 3.63) is 35.3 Å². The van der Waals surface area contributed by atoms with E-state index in [0.717, 1.165) is 21.6 Å². The highest BCUT2D eigenvalue weighted by atomic mass is 32.1. The summed E-state index contributed by atoms with van der Waals surface area (Å²) in [5, 5.41) is 9.98. The van der Waals surface area contributed by atoms with Gasteiger partial charge in [-0.3, -0.25) is 9.59 Å². The molecule has 1 aliphatic rings. The molecule has 4 heterocycles. The van der Waals surface area contributed by atoms with E-state index in [4.69, 9.17) is 4.98 Å². The van der Waals surface area contributed by atoms with E-state index in [1.165, 1.54) is 0 Å². The monoisotopic (exact) mass is 411 g/mol. The Labute approximate surface area is 173 Å². The first-order chi connectivity index (χ1) is 14.0. The smallest absolute Gasteiger partial charge is 0.254 e. The molecule has 3 aromatic rings. The number of thiophene rings is 1. The van der Waals surface area contributed by atoms with E-state index in [0.29, 0.717) is 31.5 Å². The summed E-state index contributed by atoms with van der Waals surface area (Å²) < 4.78 is 1.86. The molecule has 29 heavy (non-hydrogen) atoms. The Bertz CT molecular complexity index is 1030. The Kier molecular flexibility index (Phi) is 5.36. The highest BCUT2D eigenvalue weighted by molar-refractivity contribution is 7.13. The lowest BCUT2D eigenvalue weighted by molar-refractivity contribution is -0.125. The SMILES string of the molecule is CNC(=O)C1CCN(C(=O)c2cc(-c3cccs3)nc3c2cnn3C(C)C)CC1. The number of pyridine rings is 1. The Morgan fingerprint density at radius 3 is 2.66 bits per heavy atom. The van der Waals surface area contributed by atoms with E-state index >= 15 is 0 Å². The molecule has 1 aliphatic heterocycles. The van der Waals surface area contributed by atoms with Gasteiger partial charge in [0.25, 0.3) is 5.91 Å². The van der Waals surface area contributed by atoms with Crippen molar-refractivity contribution in [1.29, 1.82) is 0 Å². The lowest BCUT2D eigenvalue weighted by atomic mass is 9.95. The number of nitrogens with zero attached hydrogens (tertiary/aromatic N) is 4. The zero-order valence-electron chi connectivity index (χ0n) is 16.9. The summed E-state index contributed by atoms with van der Waals surface area (Å²) in [7, 11) is 1.66. The van der Waals surface area contributed by atoms with E-state index < -0.39 is 0 Å². The fourth-order valence-corrected chi connectivity index (χ4v) is 4.53. The van der Waals surface area contributed by atoms with Crippen LogP contribution in [0.2, 0.25) is 0 Å². The topological polar surface area (TPSA) is 80.1 Å². The van der Waals surface area contributed by atoms with Crippen LogP contribution in [0.15, 0.2) is 29.8 Å². The number of likely N-dealkylation sites (tertiary alicyclic amines) is 1. The number of carbonyl (C=O) groups is 2. The molecular weight excluding hydrogens is 386 g/mol. The van der Waals surface area contributed by atoms with Crippen LogP contribution < -0.4 is 5.32 Å². The fourth-order valence-electron chi connectivity index (χ4n) is 3.84. The summed E-state index contributed by atoms with van der Waals surface area (Å²) in [6.45, 7) is 5.26. The molecule has 0 unspecified atom stereocenters. The zero-order valence-corrected chi connectivity index (χ0v) is 17.7. The van der Waals surface area contributed by atoms with Crippen LogP contribution >= 0.6 is 11.3 Å². The number of hydrogen-bond donors (Lipinski definition) is 1. The van der Waals surface area contributed by atoms with E-state index in [1.807, 2.05) is 33.2 Å². The molecule has 152 valence electrons. The number of nitrogens with one attached hydrogen (secondary N) is 1. The van der Waals surface area contributed by atoms with Crippen molar-refractivity contribution >= 4 is 34.2 Å². The van der Waals surface area contributed by atoms with Gasteiger partial charge < -0.3 is 10.2 Å². The Morgan fingerprint density at radius 1 is 1.28 bits per heavy atom. The quantitative estimate of drug-likeness (QED) is 0.714. The van der Waals surface area contributed by atoms with Crippen LogP contribution in [0.5, 0.6) is 0 Å². The molecule has 0 aliphatic carbocycles. The van der Waals surface area contributed by atoms with Gasteiger partial charge in [0, 0.05) is 32.1 Å². The molecule has 7 nitrogen and oxygen atoms in total. The molecule has 8 heteroatoms. The van der Waals surface area contributed by atoms with Gasteiger partial charge in [-0.2, -0.15) is 5.10 Å². The number of fused-ring (bicyclic) bond motifs is 1. The lowest BCUT2D eigenvalue weighted by Crippen LogP contribution is -2.42. The molecule has 1 N–H and O–H groups in total. The first-order valence-corrected chi connectivity index (χ1v) is 10.8. The summed E-state index contributed by atoms with van der Waals surface area (Å²) in [5.41, 5.74) is 2.15. The number of rotatable bonds is 4. The van der Waals surface area contributed by atoms with Gasteiger partial charge in [0.05, 0.1) is 27.7 Å². The maximum Gasteiger partial charge on any atom is 0.254 e. The average molecular weight is 412 g/mol. The molecule has 0 aromatic carbocycles. The molecule has 1 saturated heterocycles. The Morgan fingerprint density at radius 2 is 2.03 bits per heavy atom. The maximum atomic E-state index is 13.4.